The molecule has 0 saturated carbocycles. The zero-order valence-electron chi connectivity index (χ0n) is 8.00. The molecular formula is C10H10N2OS. The minimum absolute atomic E-state index is 0.0809. The van der Waals surface area contributed by atoms with E-state index in [4.69, 9.17) is 0 Å². The Morgan fingerprint density at radius 1 is 1.57 bits per heavy atom. The van der Waals surface area contributed by atoms with E-state index in [-0.39, 0.29) is 5.78 Å². The van der Waals surface area contributed by atoms with Gasteiger partial charge in [0, 0.05) is 25.6 Å². The van der Waals surface area contributed by atoms with Crippen molar-refractivity contribution in [1.82, 2.24) is 4.98 Å². The Bertz CT molecular complexity index is 490. The predicted octanol–water partition coefficient (Wildman–Crippen LogP) is 2.54. The summed E-state index contributed by atoms with van der Waals surface area (Å²) in [5.41, 5.74) is 0.894. The molecule has 0 unspecified atom stereocenters. The number of fused-ring (bicyclic) bond motifs is 1. The highest BCUT2D eigenvalue weighted by Crippen LogP contribution is 2.34. The quantitative estimate of drug-likeness (QED) is 0.768. The van der Waals surface area contributed by atoms with Gasteiger partial charge in [0.25, 0.3) is 0 Å². The Labute approximate surface area is 85.8 Å². The molecule has 3 nitrogen and oxygen atoms in total. The maximum atomic E-state index is 11.3. The molecule has 0 aliphatic rings. The lowest BCUT2D eigenvalue weighted by molar-refractivity contribution is 0.102. The van der Waals surface area contributed by atoms with Crippen LogP contribution in [0.1, 0.15) is 16.6 Å². The van der Waals surface area contributed by atoms with E-state index in [0.29, 0.717) is 0 Å². The fraction of sp³-hybridized carbons (Fsp3) is 0.200. The standard InChI is InChI=1S/C10H10N2OS/c1-6(13)9-8(11-2)7-4-3-5-12-10(7)14-9/h3-5,11H,1-2H3. The van der Waals surface area contributed by atoms with E-state index in [2.05, 4.69) is 10.3 Å². The monoisotopic (exact) mass is 206 g/mol. The summed E-state index contributed by atoms with van der Waals surface area (Å²) in [6.45, 7) is 1.57. The molecule has 2 aromatic heterocycles. The molecule has 0 bridgehead atoms. The minimum atomic E-state index is 0.0809. The minimum Gasteiger partial charge on any atom is -0.386 e. The van der Waals surface area contributed by atoms with Gasteiger partial charge in [-0.05, 0) is 12.1 Å². The molecule has 0 saturated heterocycles. The zero-order chi connectivity index (χ0) is 10.1. The summed E-state index contributed by atoms with van der Waals surface area (Å²) in [5, 5.41) is 4.07. The second-order valence-corrected chi connectivity index (χ2v) is 3.97. The van der Waals surface area contributed by atoms with Gasteiger partial charge in [-0.2, -0.15) is 0 Å². The van der Waals surface area contributed by atoms with Crippen LogP contribution in [-0.4, -0.2) is 17.8 Å². The number of thiophene rings is 1. The highest BCUT2D eigenvalue weighted by Gasteiger charge is 2.14. The highest BCUT2D eigenvalue weighted by atomic mass is 32.1. The summed E-state index contributed by atoms with van der Waals surface area (Å²) >= 11 is 1.43. The summed E-state index contributed by atoms with van der Waals surface area (Å²) in [6, 6.07) is 3.84. The van der Waals surface area contributed by atoms with Crippen molar-refractivity contribution in [3.05, 3.63) is 23.2 Å². The topological polar surface area (TPSA) is 42.0 Å². The molecule has 4 heteroatoms. The van der Waals surface area contributed by atoms with Gasteiger partial charge in [0.05, 0.1) is 10.6 Å². The largest absolute Gasteiger partial charge is 0.386 e. The van der Waals surface area contributed by atoms with E-state index in [1.807, 2.05) is 19.2 Å². The first-order valence-electron chi connectivity index (χ1n) is 4.30. The van der Waals surface area contributed by atoms with Crippen molar-refractivity contribution in [2.75, 3.05) is 12.4 Å². The SMILES string of the molecule is CNc1c(C(C)=O)sc2ncccc12. The Morgan fingerprint density at radius 3 is 3.00 bits per heavy atom. The van der Waals surface area contributed by atoms with Crippen LogP contribution < -0.4 is 5.32 Å². The average Bonchev–Trinajstić information content (AvgIpc) is 2.56. The van der Waals surface area contributed by atoms with Crippen LogP contribution >= 0.6 is 11.3 Å². The molecule has 0 atom stereocenters. The van der Waals surface area contributed by atoms with E-state index in [0.717, 1.165) is 20.8 Å². The van der Waals surface area contributed by atoms with E-state index < -0.39 is 0 Å². The van der Waals surface area contributed by atoms with E-state index in [9.17, 15) is 4.79 Å². The lowest BCUT2D eigenvalue weighted by atomic mass is 10.2. The fourth-order valence-electron chi connectivity index (χ4n) is 1.43. The Balaban J connectivity index is 2.78. The second-order valence-electron chi connectivity index (χ2n) is 2.97. The van der Waals surface area contributed by atoms with Crippen molar-refractivity contribution in [2.24, 2.45) is 0 Å². The maximum absolute atomic E-state index is 11.3. The molecule has 2 rings (SSSR count). The average molecular weight is 206 g/mol. The lowest BCUT2D eigenvalue weighted by Gasteiger charge is -1.98. The summed E-state index contributed by atoms with van der Waals surface area (Å²) in [5.74, 6) is 0.0809. The van der Waals surface area contributed by atoms with E-state index >= 15 is 0 Å². The van der Waals surface area contributed by atoms with Crippen LogP contribution in [0.5, 0.6) is 0 Å². The molecule has 0 fully saturated rings. The van der Waals surface area contributed by atoms with Crippen LogP contribution in [0.3, 0.4) is 0 Å². The van der Waals surface area contributed by atoms with Crippen molar-refractivity contribution < 1.29 is 4.79 Å². The number of pyridine rings is 1. The summed E-state index contributed by atoms with van der Waals surface area (Å²) < 4.78 is 0. The van der Waals surface area contributed by atoms with Crippen molar-refractivity contribution in [2.45, 2.75) is 6.92 Å². The number of carbonyl (C=O) groups is 1. The van der Waals surface area contributed by atoms with Gasteiger partial charge in [-0.3, -0.25) is 4.79 Å². The van der Waals surface area contributed by atoms with Crippen LogP contribution in [-0.2, 0) is 0 Å². The normalized spacial score (nSPS) is 10.4. The van der Waals surface area contributed by atoms with Crippen LogP contribution in [0.4, 0.5) is 5.69 Å². The number of hydrogen-bond acceptors (Lipinski definition) is 4. The molecule has 72 valence electrons. The predicted molar refractivity (Wildman–Crippen MR) is 59.2 cm³/mol. The molecule has 0 aliphatic carbocycles. The number of carbonyl (C=O) groups excluding carboxylic acids is 1. The van der Waals surface area contributed by atoms with Crippen molar-refractivity contribution in [3.8, 4) is 0 Å². The Kier molecular flexibility index (Phi) is 2.21. The number of aromatic nitrogens is 1. The third-order valence-electron chi connectivity index (χ3n) is 2.04. The molecule has 0 aromatic carbocycles. The van der Waals surface area contributed by atoms with Crippen molar-refractivity contribution in [3.63, 3.8) is 0 Å². The van der Waals surface area contributed by atoms with Crippen LogP contribution in [0.2, 0.25) is 0 Å². The maximum Gasteiger partial charge on any atom is 0.171 e. The van der Waals surface area contributed by atoms with Gasteiger partial charge >= 0.3 is 0 Å². The molecule has 0 amide bonds. The second kappa shape index (κ2) is 3.38. The summed E-state index contributed by atoms with van der Waals surface area (Å²) in [4.78, 5) is 17.2. The number of ketones is 1. The third kappa shape index (κ3) is 1.28. The van der Waals surface area contributed by atoms with Gasteiger partial charge in [0.1, 0.15) is 4.83 Å². The van der Waals surface area contributed by atoms with Gasteiger partial charge in [-0.1, -0.05) is 0 Å². The Hall–Kier alpha value is -1.42. The van der Waals surface area contributed by atoms with Gasteiger partial charge in [-0.25, -0.2) is 4.98 Å². The van der Waals surface area contributed by atoms with Crippen LogP contribution in [0.25, 0.3) is 10.2 Å². The number of anilines is 1. The number of nitrogens with zero attached hydrogens (tertiary/aromatic N) is 1. The van der Waals surface area contributed by atoms with E-state index in [1.54, 1.807) is 13.1 Å². The zero-order valence-corrected chi connectivity index (χ0v) is 8.81. The first-order valence-corrected chi connectivity index (χ1v) is 5.12. The molecular weight excluding hydrogens is 196 g/mol. The third-order valence-corrected chi connectivity index (χ3v) is 3.25. The molecule has 2 aromatic rings. The first kappa shape index (κ1) is 9.15. The van der Waals surface area contributed by atoms with Gasteiger partial charge in [0.2, 0.25) is 0 Å². The first-order chi connectivity index (χ1) is 6.74. The number of hydrogen-bond donors (Lipinski definition) is 1. The number of rotatable bonds is 2. The summed E-state index contributed by atoms with van der Waals surface area (Å²) in [7, 11) is 1.82. The summed E-state index contributed by atoms with van der Waals surface area (Å²) in [6.07, 6.45) is 1.74. The van der Waals surface area contributed by atoms with Gasteiger partial charge < -0.3 is 5.32 Å². The van der Waals surface area contributed by atoms with Gasteiger partial charge in [0.15, 0.2) is 5.78 Å². The van der Waals surface area contributed by atoms with Crippen molar-refractivity contribution in [1.29, 1.82) is 0 Å². The van der Waals surface area contributed by atoms with Crippen molar-refractivity contribution >= 4 is 33.0 Å². The van der Waals surface area contributed by atoms with Crippen LogP contribution in [0.15, 0.2) is 18.3 Å². The van der Waals surface area contributed by atoms with Crippen LogP contribution in [0, 0.1) is 0 Å². The molecule has 0 radical (unpaired) electrons. The molecule has 0 aliphatic heterocycles. The van der Waals surface area contributed by atoms with Gasteiger partial charge in [-0.15, -0.1) is 11.3 Å². The molecule has 1 N–H and O–H groups in total. The van der Waals surface area contributed by atoms with E-state index in [1.165, 1.54) is 11.3 Å². The Morgan fingerprint density at radius 2 is 2.36 bits per heavy atom. The highest BCUT2D eigenvalue weighted by molar-refractivity contribution is 7.21. The smallest absolute Gasteiger partial charge is 0.171 e. The molecule has 14 heavy (non-hydrogen) atoms. The number of nitrogens with one attached hydrogen (secondary N) is 1. The number of Topliss-reactive ketones (excluding diaryl/α,β-unsaturated/α-hetero) is 1. The fourth-order valence-corrected chi connectivity index (χ4v) is 2.47. The molecule has 0 spiro atoms. The molecule has 2 heterocycles. The lowest BCUT2D eigenvalue weighted by Crippen LogP contribution is -1.95.